The molecule has 0 aliphatic heterocycles. The van der Waals surface area contributed by atoms with E-state index in [9.17, 15) is 9.59 Å². The number of benzene rings is 4. The van der Waals surface area contributed by atoms with Crippen LogP contribution in [0, 0.1) is 6.92 Å². The molecular weight excluding hydrogens is 581 g/mol. The van der Waals surface area contributed by atoms with Crippen LogP contribution in [0.1, 0.15) is 26.7 Å². The van der Waals surface area contributed by atoms with Gasteiger partial charge >= 0.3 is 0 Å². The molecule has 1 unspecified atom stereocenters. The van der Waals surface area contributed by atoms with Crippen LogP contribution >= 0.6 is 46.3 Å². The number of nitrogens with one attached hydrogen (secondary N) is 2. The summed E-state index contributed by atoms with van der Waals surface area (Å²) in [4.78, 5) is 31.5. The zero-order valence-electron chi connectivity index (χ0n) is 21.2. The molecule has 9 heteroatoms. The van der Waals surface area contributed by atoms with Crippen molar-refractivity contribution in [1.82, 2.24) is 4.98 Å². The highest BCUT2D eigenvalue weighted by atomic mass is 35.5. The second-order valence-corrected chi connectivity index (χ2v) is 11.8. The summed E-state index contributed by atoms with van der Waals surface area (Å²) in [6.07, 6.45) is 0. The number of hydrogen-bond donors (Lipinski definition) is 2. The standard InChI is InChI=1S/C31H23Cl2N3O2S2/c1-19-7-9-21(10-8-19)29(37)34-23-12-14-24(15-13-23)40-28(20-5-3-2-4-6-20)30(38)36-31-35-27(18-39-31)25-16-11-22(32)17-26(25)33/h2-18,28H,1H3,(H,34,37)(H,35,36,38). The van der Waals surface area contributed by atoms with Crippen LogP contribution in [0.5, 0.6) is 0 Å². The third-order valence-corrected chi connectivity index (χ3v) is 8.53. The summed E-state index contributed by atoms with van der Waals surface area (Å²) in [7, 11) is 0. The second-order valence-electron chi connectivity index (χ2n) is 8.90. The van der Waals surface area contributed by atoms with Crippen molar-refractivity contribution in [3.63, 3.8) is 0 Å². The van der Waals surface area contributed by atoms with Crippen LogP contribution in [0.25, 0.3) is 11.3 Å². The van der Waals surface area contributed by atoms with Gasteiger partial charge in [0.1, 0.15) is 5.25 Å². The highest BCUT2D eigenvalue weighted by molar-refractivity contribution is 8.00. The van der Waals surface area contributed by atoms with Crippen LogP contribution in [-0.4, -0.2) is 16.8 Å². The first-order chi connectivity index (χ1) is 19.4. The third kappa shape index (κ3) is 6.92. The third-order valence-electron chi connectivity index (χ3n) is 5.96. The summed E-state index contributed by atoms with van der Waals surface area (Å²) in [5.74, 6) is -0.374. The first-order valence-corrected chi connectivity index (χ1v) is 14.8. The Hall–Kier alpha value is -3.62. The molecule has 200 valence electrons. The summed E-state index contributed by atoms with van der Waals surface area (Å²) < 4.78 is 0. The Morgan fingerprint density at radius 1 is 0.875 bits per heavy atom. The van der Waals surface area contributed by atoms with Crippen molar-refractivity contribution in [2.75, 3.05) is 10.6 Å². The topological polar surface area (TPSA) is 71.1 Å². The fourth-order valence-corrected chi connectivity index (χ4v) is 6.13. The molecule has 0 aliphatic rings. The zero-order valence-corrected chi connectivity index (χ0v) is 24.4. The number of amides is 2. The van der Waals surface area contributed by atoms with Gasteiger partial charge in [-0.25, -0.2) is 4.98 Å². The molecule has 4 aromatic carbocycles. The quantitative estimate of drug-likeness (QED) is 0.173. The number of aryl methyl sites for hydroxylation is 1. The van der Waals surface area contributed by atoms with E-state index in [-0.39, 0.29) is 11.8 Å². The van der Waals surface area contributed by atoms with Crippen molar-refractivity contribution >= 4 is 68.9 Å². The smallest absolute Gasteiger partial charge is 0.255 e. The number of rotatable bonds is 8. The highest BCUT2D eigenvalue weighted by Gasteiger charge is 2.23. The van der Waals surface area contributed by atoms with Crippen molar-refractivity contribution in [2.24, 2.45) is 0 Å². The first-order valence-electron chi connectivity index (χ1n) is 12.3. The number of carbonyl (C=O) groups is 2. The summed E-state index contributed by atoms with van der Waals surface area (Å²) in [5.41, 5.74) is 4.62. The van der Waals surface area contributed by atoms with Crippen molar-refractivity contribution in [2.45, 2.75) is 17.1 Å². The number of carbonyl (C=O) groups excluding carboxylic acids is 2. The van der Waals surface area contributed by atoms with E-state index in [0.717, 1.165) is 21.6 Å². The van der Waals surface area contributed by atoms with Crippen molar-refractivity contribution in [3.05, 3.63) is 129 Å². The Balaban J connectivity index is 1.30. The number of thioether (sulfide) groups is 1. The van der Waals surface area contributed by atoms with E-state index in [2.05, 4.69) is 15.6 Å². The Labute approximate surface area is 250 Å². The number of thiazole rings is 1. The predicted octanol–water partition coefficient (Wildman–Crippen LogP) is 9.15. The molecule has 0 saturated heterocycles. The molecule has 0 radical (unpaired) electrons. The average Bonchev–Trinajstić information content (AvgIpc) is 3.41. The van der Waals surface area contributed by atoms with Crippen LogP contribution < -0.4 is 10.6 Å². The van der Waals surface area contributed by atoms with Crippen LogP contribution in [0.3, 0.4) is 0 Å². The van der Waals surface area contributed by atoms with E-state index in [0.29, 0.717) is 32.1 Å². The van der Waals surface area contributed by atoms with Gasteiger partial charge < -0.3 is 10.6 Å². The molecule has 5 rings (SSSR count). The Morgan fingerprint density at radius 3 is 2.30 bits per heavy atom. The number of aromatic nitrogens is 1. The Kier molecular flexibility index (Phi) is 8.87. The van der Waals surface area contributed by atoms with Crippen molar-refractivity contribution in [1.29, 1.82) is 0 Å². The lowest BCUT2D eigenvalue weighted by Gasteiger charge is -2.16. The predicted molar refractivity (Wildman–Crippen MR) is 167 cm³/mol. The van der Waals surface area contributed by atoms with Gasteiger partial charge in [-0.05, 0) is 67.1 Å². The minimum Gasteiger partial charge on any atom is -0.322 e. The molecular formula is C31H23Cl2N3O2S2. The molecule has 5 aromatic rings. The molecule has 0 fully saturated rings. The van der Waals surface area contributed by atoms with Gasteiger partial charge in [-0.3, -0.25) is 9.59 Å². The molecule has 0 bridgehead atoms. The monoisotopic (exact) mass is 603 g/mol. The van der Waals surface area contributed by atoms with Gasteiger partial charge in [-0.2, -0.15) is 0 Å². The van der Waals surface area contributed by atoms with Gasteiger partial charge in [0.05, 0.1) is 10.7 Å². The molecule has 0 aliphatic carbocycles. The van der Waals surface area contributed by atoms with Gasteiger partial charge in [-0.15, -0.1) is 23.1 Å². The van der Waals surface area contributed by atoms with Gasteiger partial charge in [0, 0.05) is 32.1 Å². The molecule has 1 aromatic heterocycles. The SMILES string of the molecule is Cc1ccc(C(=O)Nc2ccc(SC(C(=O)Nc3nc(-c4ccc(Cl)cc4Cl)cs3)c3ccccc3)cc2)cc1. The van der Waals surface area contributed by atoms with Crippen molar-refractivity contribution in [3.8, 4) is 11.3 Å². The fourth-order valence-electron chi connectivity index (χ4n) is 3.88. The van der Waals surface area contributed by atoms with Gasteiger partial charge in [-0.1, -0.05) is 71.2 Å². The number of nitrogens with zero attached hydrogens (tertiary/aromatic N) is 1. The maximum absolute atomic E-state index is 13.5. The minimum atomic E-state index is -0.527. The molecule has 40 heavy (non-hydrogen) atoms. The molecule has 2 amide bonds. The van der Waals surface area contributed by atoms with E-state index < -0.39 is 5.25 Å². The largest absolute Gasteiger partial charge is 0.322 e. The molecule has 0 saturated carbocycles. The van der Waals surface area contributed by atoms with Gasteiger partial charge in [0.2, 0.25) is 5.91 Å². The van der Waals surface area contributed by atoms with Crippen LogP contribution in [-0.2, 0) is 4.79 Å². The molecule has 2 N–H and O–H groups in total. The zero-order chi connectivity index (χ0) is 28.1. The van der Waals surface area contributed by atoms with Gasteiger partial charge in [0.15, 0.2) is 5.13 Å². The second kappa shape index (κ2) is 12.7. The molecule has 0 spiro atoms. The molecule has 5 nitrogen and oxygen atoms in total. The van der Waals surface area contributed by atoms with Crippen molar-refractivity contribution < 1.29 is 9.59 Å². The summed E-state index contributed by atoms with van der Waals surface area (Å²) in [6.45, 7) is 1.98. The van der Waals surface area contributed by atoms with Crippen LogP contribution in [0.15, 0.2) is 107 Å². The average molecular weight is 605 g/mol. The normalized spacial score (nSPS) is 11.6. The van der Waals surface area contributed by atoms with Gasteiger partial charge in [0.25, 0.3) is 5.91 Å². The Bertz CT molecular complexity index is 1640. The first kappa shape index (κ1) is 27.9. The molecule has 1 atom stereocenters. The Morgan fingerprint density at radius 2 is 1.60 bits per heavy atom. The van der Waals surface area contributed by atoms with Crippen LogP contribution in [0.4, 0.5) is 10.8 Å². The highest BCUT2D eigenvalue weighted by Crippen LogP contribution is 2.38. The lowest BCUT2D eigenvalue weighted by molar-refractivity contribution is -0.115. The summed E-state index contributed by atoms with van der Waals surface area (Å²) in [6, 6.07) is 29.7. The van der Waals surface area contributed by atoms with E-state index in [1.807, 2.05) is 79.0 Å². The lowest BCUT2D eigenvalue weighted by Crippen LogP contribution is -2.19. The van der Waals surface area contributed by atoms with E-state index >= 15 is 0 Å². The fraction of sp³-hybridized carbons (Fsp3) is 0.0645. The van der Waals surface area contributed by atoms with E-state index in [1.54, 1.807) is 30.3 Å². The van der Waals surface area contributed by atoms with Crippen LogP contribution in [0.2, 0.25) is 10.0 Å². The minimum absolute atomic E-state index is 0.176. The number of anilines is 2. The number of halogens is 2. The van der Waals surface area contributed by atoms with E-state index in [4.69, 9.17) is 23.2 Å². The maximum Gasteiger partial charge on any atom is 0.255 e. The maximum atomic E-state index is 13.5. The lowest BCUT2D eigenvalue weighted by atomic mass is 10.1. The summed E-state index contributed by atoms with van der Waals surface area (Å²) in [5, 5.41) is 8.71. The number of hydrogen-bond acceptors (Lipinski definition) is 5. The van der Waals surface area contributed by atoms with E-state index in [1.165, 1.54) is 23.1 Å². The molecule has 1 heterocycles. The summed E-state index contributed by atoms with van der Waals surface area (Å²) >= 11 is 15.1.